The molecule has 5 heteroatoms. The van der Waals surface area contributed by atoms with Gasteiger partial charge in [0.25, 0.3) is 5.91 Å². The molecule has 2 rings (SSSR count). The van der Waals surface area contributed by atoms with Crippen molar-refractivity contribution >= 4 is 33.7 Å². The van der Waals surface area contributed by atoms with Crippen LogP contribution in [-0.4, -0.2) is 10.9 Å². The van der Waals surface area contributed by atoms with Crippen LogP contribution in [0.15, 0.2) is 17.6 Å². The highest BCUT2D eigenvalue weighted by atomic mass is 32.1. The molecule has 0 fully saturated rings. The lowest BCUT2D eigenvalue weighted by Crippen LogP contribution is -2.10. The Balaban J connectivity index is 2.08. The van der Waals surface area contributed by atoms with Crippen molar-refractivity contribution in [1.29, 1.82) is 0 Å². The molecular weight excluding hydrogens is 240 g/mol. The van der Waals surface area contributed by atoms with Crippen LogP contribution in [0.3, 0.4) is 0 Å². The van der Waals surface area contributed by atoms with E-state index in [0.717, 1.165) is 16.9 Å². The van der Waals surface area contributed by atoms with Crippen molar-refractivity contribution in [2.24, 2.45) is 0 Å². The van der Waals surface area contributed by atoms with Crippen LogP contribution in [0, 0.1) is 6.92 Å². The average Bonchev–Trinajstić information content (AvgIpc) is 2.87. The van der Waals surface area contributed by atoms with E-state index >= 15 is 0 Å². The largest absolute Gasteiger partial charge is 0.298 e. The highest BCUT2D eigenvalue weighted by molar-refractivity contribution is 7.15. The molecule has 0 radical (unpaired) electrons. The number of carbonyl (C=O) groups is 1. The lowest BCUT2D eigenvalue weighted by molar-refractivity contribution is 0.102. The zero-order valence-corrected chi connectivity index (χ0v) is 10.7. The van der Waals surface area contributed by atoms with Gasteiger partial charge in [0.1, 0.15) is 0 Å². The summed E-state index contributed by atoms with van der Waals surface area (Å²) in [5, 5.41) is 5.33. The van der Waals surface area contributed by atoms with Gasteiger partial charge < -0.3 is 0 Å². The number of rotatable bonds is 3. The summed E-state index contributed by atoms with van der Waals surface area (Å²) in [5.74, 6) is -0.0784. The molecule has 0 aliphatic rings. The van der Waals surface area contributed by atoms with E-state index in [4.69, 9.17) is 0 Å². The lowest BCUT2D eigenvalue weighted by atomic mass is 10.3. The van der Waals surface area contributed by atoms with Crippen molar-refractivity contribution in [2.45, 2.75) is 20.3 Å². The van der Waals surface area contributed by atoms with Gasteiger partial charge in [0.15, 0.2) is 5.13 Å². The Hall–Kier alpha value is -1.20. The van der Waals surface area contributed by atoms with Gasteiger partial charge in [-0.25, -0.2) is 4.98 Å². The normalized spacial score (nSPS) is 10.4. The van der Waals surface area contributed by atoms with Gasteiger partial charge in [0, 0.05) is 21.3 Å². The molecule has 84 valence electrons. The van der Waals surface area contributed by atoms with Gasteiger partial charge in [-0.05, 0) is 19.4 Å². The van der Waals surface area contributed by atoms with E-state index in [1.54, 1.807) is 17.5 Å². The number of anilines is 1. The molecule has 3 nitrogen and oxygen atoms in total. The Morgan fingerprint density at radius 2 is 2.38 bits per heavy atom. The minimum Gasteiger partial charge on any atom is -0.298 e. The van der Waals surface area contributed by atoms with Crippen LogP contribution < -0.4 is 5.32 Å². The Morgan fingerprint density at radius 1 is 1.56 bits per heavy atom. The summed E-state index contributed by atoms with van der Waals surface area (Å²) in [5.41, 5.74) is 0.717. The number of thiophene rings is 1. The molecule has 2 heterocycles. The number of nitrogens with one attached hydrogen (secondary N) is 1. The van der Waals surface area contributed by atoms with E-state index in [0.29, 0.717) is 5.13 Å². The lowest BCUT2D eigenvalue weighted by Gasteiger charge is -1.97. The topological polar surface area (TPSA) is 42.0 Å². The molecule has 0 saturated heterocycles. The maximum Gasteiger partial charge on any atom is 0.258 e. The van der Waals surface area contributed by atoms with E-state index in [-0.39, 0.29) is 5.91 Å². The third-order valence-electron chi connectivity index (χ3n) is 2.11. The van der Waals surface area contributed by atoms with Crippen molar-refractivity contribution in [2.75, 3.05) is 5.32 Å². The Kier molecular flexibility index (Phi) is 3.36. The van der Waals surface area contributed by atoms with Crippen molar-refractivity contribution in [3.63, 3.8) is 0 Å². The summed E-state index contributed by atoms with van der Waals surface area (Å²) in [6.45, 7) is 4.05. The van der Waals surface area contributed by atoms with Gasteiger partial charge in [-0.3, -0.25) is 10.1 Å². The third kappa shape index (κ3) is 2.48. The molecule has 1 amide bonds. The number of carbonyl (C=O) groups excluding carboxylic acids is 1. The number of aromatic nitrogens is 1. The second-order valence-electron chi connectivity index (χ2n) is 3.39. The smallest absolute Gasteiger partial charge is 0.258 e. The second-order valence-corrected chi connectivity index (χ2v) is 5.62. The van der Waals surface area contributed by atoms with Crippen molar-refractivity contribution in [3.8, 4) is 0 Å². The number of hydrogen-bond acceptors (Lipinski definition) is 4. The summed E-state index contributed by atoms with van der Waals surface area (Å²) in [6, 6.07) is 1.93. The molecule has 1 N–H and O–H groups in total. The summed E-state index contributed by atoms with van der Waals surface area (Å²) >= 11 is 3.10. The summed E-state index contributed by atoms with van der Waals surface area (Å²) < 4.78 is 0. The average molecular weight is 252 g/mol. The predicted molar refractivity (Wildman–Crippen MR) is 68.5 cm³/mol. The molecule has 0 saturated carbocycles. The molecule has 0 spiro atoms. The highest BCUT2D eigenvalue weighted by Crippen LogP contribution is 2.19. The van der Waals surface area contributed by atoms with Crippen LogP contribution in [0.2, 0.25) is 0 Å². The maximum absolute atomic E-state index is 11.8. The number of nitrogens with zero attached hydrogens (tertiary/aromatic N) is 1. The molecule has 0 atom stereocenters. The highest BCUT2D eigenvalue weighted by Gasteiger charge is 2.09. The van der Waals surface area contributed by atoms with E-state index in [2.05, 4.69) is 17.2 Å². The molecule has 0 aliphatic carbocycles. The van der Waals surface area contributed by atoms with E-state index in [1.165, 1.54) is 16.2 Å². The number of thiazole rings is 1. The summed E-state index contributed by atoms with van der Waals surface area (Å²) in [4.78, 5) is 18.2. The van der Waals surface area contributed by atoms with Crippen molar-refractivity contribution < 1.29 is 4.79 Å². The van der Waals surface area contributed by atoms with Gasteiger partial charge in [-0.1, -0.05) is 6.92 Å². The van der Waals surface area contributed by atoms with E-state index < -0.39 is 0 Å². The Morgan fingerprint density at radius 3 is 2.94 bits per heavy atom. The Labute approximate surface area is 102 Å². The fourth-order valence-corrected chi connectivity index (χ4v) is 2.74. The molecule has 0 bridgehead atoms. The zero-order valence-electron chi connectivity index (χ0n) is 9.11. The van der Waals surface area contributed by atoms with Crippen LogP contribution in [0.25, 0.3) is 0 Å². The van der Waals surface area contributed by atoms with Crippen LogP contribution in [0.4, 0.5) is 5.13 Å². The van der Waals surface area contributed by atoms with Crippen molar-refractivity contribution in [1.82, 2.24) is 4.98 Å². The first-order valence-electron chi connectivity index (χ1n) is 5.00. The van der Waals surface area contributed by atoms with E-state index in [9.17, 15) is 4.79 Å². The quantitative estimate of drug-likeness (QED) is 0.910. The van der Waals surface area contributed by atoms with Gasteiger partial charge >= 0.3 is 0 Å². The molecule has 16 heavy (non-hydrogen) atoms. The molecule has 0 aliphatic heterocycles. The number of amides is 1. The molecule has 2 aromatic heterocycles. The van der Waals surface area contributed by atoms with Gasteiger partial charge in [-0.2, -0.15) is 0 Å². The standard InChI is InChI=1S/C11H12N2OS2/c1-3-9-4-8(6-15-9)10(14)13-11-12-5-7(2)16-11/h4-6H,3H2,1-2H3,(H,12,13,14). The van der Waals surface area contributed by atoms with Crippen LogP contribution >= 0.6 is 22.7 Å². The molecular formula is C11H12N2OS2. The summed E-state index contributed by atoms with van der Waals surface area (Å²) in [6.07, 6.45) is 2.72. The first kappa shape index (κ1) is 11.3. The minimum absolute atomic E-state index is 0.0784. The predicted octanol–water partition coefficient (Wildman–Crippen LogP) is 3.33. The fourth-order valence-electron chi connectivity index (χ4n) is 1.27. The summed E-state index contributed by atoms with van der Waals surface area (Å²) in [7, 11) is 0. The minimum atomic E-state index is -0.0784. The van der Waals surface area contributed by atoms with Gasteiger partial charge in [-0.15, -0.1) is 22.7 Å². The van der Waals surface area contributed by atoms with Gasteiger partial charge in [0.05, 0.1) is 5.56 Å². The maximum atomic E-state index is 11.8. The fraction of sp³-hybridized carbons (Fsp3) is 0.273. The zero-order chi connectivity index (χ0) is 11.5. The van der Waals surface area contributed by atoms with Gasteiger partial charge in [0.2, 0.25) is 0 Å². The van der Waals surface area contributed by atoms with Crippen LogP contribution in [-0.2, 0) is 6.42 Å². The number of hydrogen-bond donors (Lipinski definition) is 1. The van der Waals surface area contributed by atoms with Crippen LogP contribution in [0.5, 0.6) is 0 Å². The first-order chi connectivity index (χ1) is 7.69. The molecule has 0 aromatic carbocycles. The first-order valence-corrected chi connectivity index (χ1v) is 6.70. The third-order valence-corrected chi connectivity index (χ3v) is 4.02. The Bertz CT molecular complexity index is 502. The molecule has 0 unspecified atom stereocenters. The van der Waals surface area contributed by atoms with E-state index in [1.807, 2.05) is 18.4 Å². The monoisotopic (exact) mass is 252 g/mol. The SMILES string of the molecule is CCc1cc(C(=O)Nc2ncc(C)s2)cs1. The molecule has 2 aromatic rings. The van der Waals surface area contributed by atoms with Crippen LogP contribution in [0.1, 0.15) is 27.0 Å². The van der Waals surface area contributed by atoms with Crippen molar-refractivity contribution in [3.05, 3.63) is 33.0 Å². The second kappa shape index (κ2) is 4.76. The number of aryl methyl sites for hydroxylation is 2.